The molecule has 7 atom stereocenters. The molecule has 1 unspecified atom stereocenters. The number of aliphatic hydroxyl groups excluding tert-OH is 2. The molecule has 0 radical (unpaired) electrons. The van der Waals surface area contributed by atoms with Gasteiger partial charge in [-0.2, -0.15) is 4.21 Å². The smallest absolute Gasteiger partial charge is 0.302 e. The average Bonchev–Trinajstić information content (AvgIpc) is 2.42. The van der Waals surface area contributed by atoms with Gasteiger partial charge in [-0.05, 0) is 37.5 Å². The molecule has 0 aromatic heterocycles. The number of rotatable bonds is 4. The highest BCUT2D eigenvalue weighted by atomic mass is 32.2. The summed E-state index contributed by atoms with van der Waals surface area (Å²) in [6.45, 7) is 8.08. The highest BCUT2D eigenvalue weighted by Crippen LogP contribution is 2.55. The maximum Gasteiger partial charge on any atom is 0.302 e. The van der Waals surface area contributed by atoms with Gasteiger partial charge in [0.1, 0.15) is 0 Å². The first-order chi connectivity index (χ1) is 9.81. The van der Waals surface area contributed by atoms with Gasteiger partial charge in [0.25, 0.3) is 0 Å². The molecule has 2 aliphatic rings. The zero-order valence-corrected chi connectivity index (χ0v) is 13.5. The molecular formula is C15H26O5S. The van der Waals surface area contributed by atoms with Crippen LogP contribution in [0, 0.1) is 23.2 Å². The van der Waals surface area contributed by atoms with E-state index in [9.17, 15) is 19.0 Å². The van der Waals surface area contributed by atoms with E-state index >= 15 is 0 Å². The Morgan fingerprint density at radius 3 is 2.76 bits per heavy atom. The lowest BCUT2D eigenvalue weighted by atomic mass is 9.53. The maximum absolute atomic E-state index is 11.2. The molecule has 0 spiro atoms. The van der Waals surface area contributed by atoms with Gasteiger partial charge in [0.05, 0.1) is 12.2 Å². The minimum atomic E-state index is -2.37. The molecule has 0 aromatic rings. The molecule has 0 aliphatic heterocycles. The van der Waals surface area contributed by atoms with Crippen molar-refractivity contribution in [2.45, 2.75) is 51.7 Å². The molecule has 0 amide bonds. The molecule has 21 heavy (non-hydrogen) atoms. The SMILES string of the molecule is C=C1CC[C@@H](O)[C@]2(C)CC[C@@H]([C@H](C)CO)[C@H](OS(=O)O)[C@@H]12. The standard InChI is InChI=1S/C15H26O5S/c1-9-4-5-12(17)15(3)7-6-11(10(2)8-16)14(13(9)15)20-21(18)19/h10-14,16-17H,1,4-8H2,2-3H3,(H,18,19)/t10-,11+,12-,13-,14+,15+/m1/s1. The fourth-order valence-electron chi connectivity index (χ4n) is 4.27. The first-order valence-electron chi connectivity index (χ1n) is 7.55. The molecule has 0 bridgehead atoms. The molecule has 122 valence electrons. The molecule has 6 heteroatoms. The summed E-state index contributed by atoms with van der Waals surface area (Å²) in [7, 11) is 0. The summed E-state index contributed by atoms with van der Waals surface area (Å²) in [4.78, 5) is 0. The Morgan fingerprint density at radius 2 is 2.19 bits per heavy atom. The van der Waals surface area contributed by atoms with E-state index in [0.29, 0.717) is 12.8 Å². The summed E-state index contributed by atoms with van der Waals surface area (Å²) < 4.78 is 25.7. The molecule has 2 saturated carbocycles. The molecule has 2 fully saturated rings. The second-order valence-corrected chi connectivity index (χ2v) is 7.46. The van der Waals surface area contributed by atoms with E-state index < -0.39 is 23.6 Å². The third-order valence-electron chi connectivity index (χ3n) is 5.63. The van der Waals surface area contributed by atoms with E-state index in [4.69, 9.17) is 4.18 Å². The van der Waals surface area contributed by atoms with Gasteiger partial charge in [0, 0.05) is 17.9 Å². The van der Waals surface area contributed by atoms with Crippen LogP contribution in [-0.2, 0) is 15.5 Å². The average molecular weight is 318 g/mol. The van der Waals surface area contributed by atoms with E-state index in [-0.39, 0.29) is 29.8 Å². The van der Waals surface area contributed by atoms with Crippen molar-refractivity contribution in [2.75, 3.05) is 6.61 Å². The highest BCUT2D eigenvalue weighted by molar-refractivity contribution is 7.74. The largest absolute Gasteiger partial charge is 0.396 e. The van der Waals surface area contributed by atoms with Crippen LogP contribution >= 0.6 is 0 Å². The molecule has 0 heterocycles. The third kappa shape index (κ3) is 3.10. The number of fused-ring (bicyclic) bond motifs is 1. The topological polar surface area (TPSA) is 87.0 Å². The summed E-state index contributed by atoms with van der Waals surface area (Å²) in [6, 6.07) is 0. The second kappa shape index (κ2) is 6.46. The Bertz CT molecular complexity index is 426. The quantitative estimate of drug-likeness (QED) is 0.544. The van der Waals surface area contributed by atoms with Crippen molar-refractivity contribution in [3.8, 4) is 0 Å². The number of hydrogen-bond donors (Lipinski definition) is 3. The lowest BCUT2D eigenvalue weighted by Gasteiger charge is -2.55. The van der Waals surface area contributed by atoms with Crippen molar-refractivity contribution in [3.05, 3.63) is 12.2 Å². The van der Waals surface area contributed by atoms with Crippen LogP contribution in [0.15, 0.2) is 12.2 Å². The fraction of sp³-hybridized carbons (Fsp3) is 0.867. The summed E-state index contributed by atoms with van der Waals surface area (Å²) >= 11 is -2.37. The summed E-state index contributed by atoms with van der Waals surface area (Å²) in [5.74, 6) is -0.175. The first kappa shape index (κ1) is 17.1. The maximum atomic E-state index is 11.2. The van der Waals surface area contributed by atoms with Gasteiger partial charge in [0.2, 0.25) is 0 Å². The summed E-state index contributed by atoms with van der Waals surface area (Å²) in [6.07, 6.45) is 2.03. The second-order valence-electron chi connectivity index (χ2n) is 6.84. The lowest BCUT2D eigenvalue weighted by Crippen LogP contribution is -2.56. The van der Waals surface area contributed by atoms with Gasteiger partial charge in [-0.15, -0.1) is 0 Å². The van der Waals surface area contributed by atoms with Crippen LogP contribution in [0.2, 0.25) is 0 Å². The lowest BCUT2D eigenvalue weighted by molar-refractivity contribution is -0.114. The van der Waals surface area contributed by atoms with Gasteiger partial charge < -0.3 is 10.2 Å². The van der Waals surface area contributed by atoms with Crippen LogP contribution in [0.5, 0.6) is 0 Å². The van der Waals surface area contributed by atoms with Crippen molar-refractivity contribution in [1.29, 1.82) is 0 Å². The van der Waals surface area contributed by atoms with Crippen LogP contribution in [0.4, 0.5) is 0 Å². The molecule has 3 N–H and O–H groups in total. The highest BCUT2D eigenvalue weighted by Gasteiger charge is 2.54. The van der Waals surface area contributed by atoms with Crippen LogP contribution in [0.1, 0.15) is 39.5 Å². The Kier molecular flexibility index (Phi) is 5.26. The molecule has 0 saturated heterocycles. The monoisotopic (exact) mass is 318 g/mol. The Balaban J connectivity index is 2.36. The van der Waals surface area contributed by atoms with Crippen molar-refractivity contribution >= 4 is 11.4 Å². The minimum absolute atomic E-state index is 0.00813. The molecule has 2 aliphatic carbocycles. The van der Waals surface area contributed by atoms with Crippen LogP contribution < -0.4 is 0 Å². The van der Waals surface area contributed by atoms with E-state index in [1.54, 1.807) is 0 Å². The zero-order chi connectivity index (χ0) is 15.8. The molecule has 2 rings (SSSR count). The van der Waals surface area contributed by atoms with Crippen molar-refractivity contribution in [2.24, 2.45) is 23.2 Å². The van der Waals surface area contributed by atoms with E-state index in [0.717, 1.165) is 18.4 Å². The van der Waals surface area contributed by atoms with Crippen molar-refractivity contribution < 1.29 is 23.2 Å². The Morgan fingerprint density at radius 1 is 1.52 bits per heavy atom. The van der Waals surface area contributed by atoms with E-state index in [1.165, 1.54) is 0 Å². The van der Waals surface area contributed by atoms with Crippen molar-refractivity contribution in [3.63, 3.8) is 0 Å². The molecular weight excluding hydrogens is 292 g/mol. The number of aliphatic hydroxyl groups is 2. The van der Waals surface area contributed by atoms with Crippen molar-refractivity contribution in [1.82, 2.24) is 0 Å². The number of hydrogen-bond acceptors (Lipinski definition) is 4. The Labute approximate surface area is 128 Å². The zero-order valence-electron chi connectivity index (χ0n) is 12.7. The fourth-order valence-corrected chi connectivity index (χ4v) is 4.71. The first-order valence-corrected chi connectivity index (χ1v) is 8.59. The molecule has 0 aromatic carbocycles. The van der Waals surface area contributed by atoms with Gasteiger partial charge in [0.15, 0.2) is 0 Å². The van der Waals surface area contributed by atoms with Gasteiger partial charge >= 0.3 is 11.4 Å². The van der Waals surface area contributed by atoms with E-state index in [1.807, 2.05) is 13.8 Å². The van der Waals surface area contributed by atoms with Crippen LogP contribution in [-0.4, -0.2) is 37.8 Å². The van der Waals surface area contributed by atoms with Gasteiger partial charge in [-0.3, -0.25) is 8.74 Å². The normalized spacial score (nSPS) is 43.2. The predicted molar refractivity (Wildman–Crippen MR) is 80.6 cm³/mol. The minimum Gasteiger partial charge on any atom is -0.396 e. The van der Waals surface area contributed by atoms with E-state index in [2.05, 4.69) is 6.58 Å². The summed E-state index contributed by atoms with van der Waals surface area (Å²) in [5, 5.41) is 19.9. The van der Waals surface area contributed by atoms with Gasteiger partial charge in [-0.1, -0.05) is 26.0 Å². The van der Waals surface area contributed by atoms with Crippen LogP contribution in [0.25, 0.3) is 0 Å². The summed E-state index contributed by atoms with van der Waals surface area (Å²) in [5.41, 5.74) is 0.610. The molecule has 5 nitrogen and oxygen atoms in total. The van der Waals surface area contributed by atoms with Crippen LogP contribution in [0.3, 0.4) is 0 Å². The van der Waals surface area contributed by atoms with Gasteiger partial charge in [-0.25, -0.2) is 0 Å². The Hall–Kier alpha value is -0.270. The predicted octanol–water partition coefficient (Wildman–Crippen LogP) is 1.88. The third-order valence-corrected chi connectivity index (χ3v) is 6.02.